The van der Waals surface area contributed by atoms with E-state index in [1.54, 1.807) is 23.5 Å². The van der Waals surface area contributed by atoms with Crippen LogP contribution in [0.4, 0.5) is 0 Å². The predicted octanol–water partition coefficient (Wildman–Crippen LogP) is 2.86. The van der Waals surface area contributed by atoms with Gasteiger partial charge >= 0.3 is 5.97 Å². The molecule has 0 aliphatic carbocycles. The minimum absolute atomic E-state index is 0.179. The van der Waals surface area contributed by atoms with Crippen molar-refractivity contribution in [1.29, 1.82) is 0 Å². The largest absolute Gasteiger partial charge is 0.479 e. The number of carbonyl (C=O) groups is 2. The molecular formula is C16H21NO3S2. The van der Waals surface area contributed by atoms with Gasteiger partial charge in [-0.15, -0.1) is 11.8 Å². The summed E-state index contributed by atoms with van der Waals surface area (Å²) in [5, 5.41) is 12.1. The molecule has 0 bridgehead atoms. The monoisotopic (exact) mass is 339 g/mol. The highest BCUT2D eigenvalue weighted by Gasteiger charge is 2.43. The van der Waals surface area contributed by atoms with Gasteiger partial charge in [0.2, 0.25) is 5.91 Å². The van der Waals surface area contributed by atoms with E-state index in [2.05, 4.69) is 37.4 Å². The van der Waals surface area contributed by atoms with Gasteiger partial charge in [-0.25, -0.2) is 4.79 Å². The van der Waals surface area contributed by atoms with Gasteiger partial charge in [-0.05, 0) is 49.3 Å². The molecule has 1 unspecified atom stereocenters. The second-order valence-electron chi connectivity index (χ2n) is 5.58. The fraction of sp³-hybridized carbons (Fsp3) is 0.500. The summed E-state index contributed by atoms with van der Waals surface area (Å²) in [5.41, 5.74) is 1.43. The van der Waals surface area contributed by atoms with Crippen LogP contribution in [0.5, 0.6) is 0 Å². The van der Waals surface area contributed by atoms with Crippen molar-refractivity contribution >= 4 is 35.4 Å². The number of amides is 1. The van der Waals surface area contributed by atoms with Crippen LogP contribution in [0.25, 0.3) is 0 Å². The number of nitrogens with one attached hydrogen (secondary N) is 1. The Morgan fingerprint density at radius 2 is 2.14 bits per heavy atom. The third-order valence-corrected chi connectivity index (χ3v) is 6.07. The highest BCUT2D eigenvalue weighted by molar-refractivity contribution is 7.99. The number of hydrogen-bond acceptors (Lipinski definition) is 4. The molecule has 6 heteroatoms. The molecule has 1 fully saturated rings. The number of rotatable bonds is 6. The lowest BCUT2D eigenvalue weighted by atomic mass is 9.99. The van der Waals surface area contributed by atoms with Crippen LogP contribution in [0.1, 0.15) is 24.0 Å². The maximum absolute atomic E-state index is 12.0. The molecule has 1 aliphatic rings. The Labute approximate surface area is 139 Å². The molecular weight excluding hydrogens is 318 g/mol. The Morgan fingerprint density at radius 3 is 2.73 bits per heavy atom. The lowest BCUT2D eigenvalue weighted by Gasteiger charge is -2.24. The molecule has 22 heavy (non-hydrogen) atoms. The predicted molar refractivity (Wildman–Crippen MR) is 91.7 cm³/mol. The first-order valence-corrected chi connectivity index (χ1v) is 9.39. The van der Waals surface area contributed by atoms with Gasteiger partial charge in [0.1, 0.15) is 5.54 Å². The third-order valence-electron chi connectivity index (χ3n) is 3.89. The van der Waals surface area contributed by atoms with Gasteiger partial charge in [0.25, 0.3) is 0 Å². The van der Waals surface area contributed by atoms with Crippen molar-refractivity contribution in [3.05, 3.63) is 29.3 Å². The lowest BCUT2D eigenvalue weighted by molar-refractivity contribution is -0.146. The summed E-state index contributed by atoms with van der Waals surface area (Å²) in [7, 11) is 0. The van der Waals surface area contributed by atoms with Gasteiger partial charge < -0.3 is 10.4 Å². The Morgan fingerprint density at radius 1 is 1.36 bits per heavy atom. The van der Waals surface area contributed by atoms with Crippen molar-refractivity contribution in [2.75, 3.05) is 17.3 Å². The molecule has 1 amide bonds. The number of carboxylic acid groups (broad SMARTS) is 1. The molecule has 2 N–H and O–H groups in total. The summed E-state index contributed by atoms with van der Waals surface area (Å²) in [4.78, 5) is 24.6. The minimum atomic E-state index is -1.06. The van der Waals surface area contributed by atoms with E-state index in [1.807, 2.05) is 0 Å². The molecule has 1 aromatic rings. The van der Waals surface area contributed by atoms with Gasteiger partial charge in [-0.3, -0.25) is 4.79 Å². The number of thioether (sulfide) groups is 2. The van der Waals surface area contributed by atoms with Gasteiger partial charge in [-0.2, -0.15) is 11.8 Å². The maximum atomic E-state index is 12.0. The topological polar surface area (TPSA) is 66.4 Å². The van der Waals surface area contributed by atoms with Gasteiger partial charge in [0, 0.05) is 22.8 Å². The summed E-state index contributed by atoms with van der Waals surface area (Å²) >= 11 is 3.20. The average Bonchev–Trinajstić information content (AvgIpc) is 2.92. The highest BCUT2D eigenvalue weighted by Crippen LogP contribution is 2.28. The molecule has 0 spiro atoms. The van der Waals surface area contributed by atoms with Gasteiger partial charge in [0.15, 0.2) is 0 Å². The van der Waals surface area contributed by atoms with E-state index < -0.39 is 11.5 Å². The van der Waals surface area contributed by atoms with E-state index in [9.17, 15) is 14.7 Å². The highest BCUT2D eigenvalue weighted by atomic mass is 32.2. The second kappa shape index (κ2) is 7.42. The number of carbonyl (C=O) groups excluding carboxylic acids is 1. The van der Waals surface area contributed by atoms with Crippen LogP contribution >= 0.6 is 23.5 Å². The van der Waals surface area contributed by atoms with Crippen molar-refractivity contribution in [3.8, 4) is 0 Å². The number of aryl methyl sites for hydroxylation is 2. The summed E-state index contributed by atoms with van der Waals surface area (Å²) in [6.07, 6.45) is 0.834. The van der Waals surface area contributed by atoms with Crippen molar-refractivity contribution in [2.24, 2.45) is 0 Å². The number of benzene rings is 1. The second-order valence-corrected chi connectivity index (χ2v) is 7.86. The Hall–Kier alpha value is -1.14. The van der Waals surface area contributed by atoms with E-state index in [4.69, 9.17) is 0 Å². The zero-order valence-corrected chi connectivity index (χ0v) is 14.5. The molecule has 0 radical (unpaired) electrons. The Bertz CT molecular complexity index is 569. The van der Waals surface area contributed by atoms with E-state index in [1.165, 1.54) is 11.1 Å². The molecule has 0 aromatic heterocycles. The normalized spacial score (nSPS) is 20.8. The molecule has 0 saturated carbocycles. The summed E-state index contributed by atoms with van der Waals surface area (Å²) in [5.74, 6) is 0.786. The third kappa shape index (κ3) is 4.20. The average molecular weight is 339 g/mol. The zero-order valence-electron chi connectivity index (χ0n) is 12.8. The molecule has 1 saturated heterocycles. The van der Waals surface area contributed by atoms with E-state index in [-0.39, 0.29) is 5.91 Å². The maximum Gasteiger partial charge on any atom is 0.330 e. The van der Waals surface area contributed by atoms with E-state index in [0.717, 1.165) is 10.6 Å². The van der Waals surface area contributed by atoms with Crippen molar-refractivity contribution < 1.29 is 14.7 Å². The minimum Gasteiger partial charge on any atom is -0.479 e. The van der Waals surface area contributed by atoms with E-state index in [0.29, 0.717) is 24.3 Å². The van der Waals surface area contributed by atoms with Crippen molar-refractivity contribution in [3.63, 3.8) is 0 Å². The summed E-state index contributed by atoms with van der Waals surface area (Å²) in [6.45, 7) is 4.14. The van der Waals surface area contributed by atoms with Crippen LogP contribution in [-0.4, -0.2) is 39.8 Å². The van der Waals surface area contributed by atoms with Gasteiger partial charge in [0.05, 0.1) is 0 Å². The fourth-order valence-electron chi connectivity index (χ4n) is 2.28. The van der Waals surface area contributed by atoms with Crippen LogP contribution in [0.2, 0.25) is 0 Å². The first-order chi connectivity index (χ1) is 10.4. The summed E-state index contributed by atoms with van der Waals surface area (Å²) in [6, 6.07) is 6.24. The zero-order chi connectivity index (χ0) is 16.2. The molecule has 120 valence electrons. The van der Waals surface area contributed by atoms with Crippen molar-refractivity contribution in [1.82, 2.24) is 5.32 Å². The lowest BCUT2D eigenvalue weighted by Crippen LogP contribution is -2.54. The number of hydrogen-bond donors (Lipinski definition) is 2. The van der Waals surface area contributed by atoms with Crippen LogP contribution in [0.3, 0.4) is 0 Å². The standard InChI is InChI=1S/C16H21NO3S2/c1-11-3-4-13(9-12(11)2)22-7-5-14(18)17-16(15(19)20)6-8-21-10-16/h3-4,9H,5-8,10H2,1-2H3,(H,17,18)(H,19,20). The quantitative estimate of drug-likeness (QED) is 0.780. The number of aliphatic carboxylic acids is 1. The molecule has 1 aromatic carbocycles. The Kier molecular flexibility index (Phi) is 5.81. The summed E-state index contributed by atoms with van der Waals surface area (Å²) < 4.78 is 0. The van der Waals surface area contributed by atoms with Gasteiger partial charge in [-0.1, -0.05) is 6.07 Å². The van der Waals surface area contributed by atoms with Crippen LogP contribution in [-0.2, 0) is 9.59 Å². The number of carboxylic acids is 1. The Balaban J connectivity index is 1.82. The first-order valence-electron chi connectivity index (χ1n) is 7.25. The first kappa shape index (κ1) is 17.2. The SMILES string of the molecule is Cc1ccc(SCCC(=O)NC2(C(=O)O)CCSC2)cc1C. The van der Waals surface area contributed by atoms with Crippen LogP contribution in [0.15, 0.2) is 23.1 Å². The fourth-order valence-corrected chi connectivity index (χ4v) is 4.55. The smallest absolute Gasteiger partial charge is 0.330 e. The molecule has 1 aliphatic heterocycles. The molecule has 1 heterocycles. The van der Waals surface area contributed by atoms with E-state index >= 15 is 0 Å². The van der Waals surface area contributed by atoms with Crippen molar-refractivity contribution in [2.45, 2.75) is 37.1 Å². The molecule has 4 nitrogen and oxygen atoms in total. The molecule has 2 rings (SSSR count). The molecule has 1 atom stereocenters. The van der Waals surface area contributed by atoms with Crippen LogP contribution < -0.4 is 5.32 Å². The van der Waals surface area contributed by atoms with Crippen LogP contribution in [0, 0.1) is 13.8 Å².